The number of rotatable bonds is 2. The number of hydrogen-bond donors (Lipinski definition) is 2. The first-order valence-corrected chi connectivity index (χ1v) is 6.11. The molecule has 0 bridgehead atoms. The summed E-state index contributed by atoms with van der Waals surface area (Å²) in [5, 5.41) is 2.91. The van der Waals surface area contributed by atoms with Crippen molar-refractivity contribution >= 4 is 44.6 Å². The van der Waals surface area contributed by atoms with Gasteiger partial charge in [-0.2, -0.15) is 0 Å². The Balaban J connectivity index is 2.43. The summed E-state index contributed by atoms with van der Waals surface area (Å²) >= 11 is 8.83. The topological polar surface area (TPSA) is 38.0 Å². The molecule has 0 spiro atoms. The molecule has 0 aliphatic heterocycles. The van der Waals surface area contributed by atoms with Gasteiger partial charge in [0.05, 0.1) is 16.4 Å². The third kappa shape index (κ3) is 2.57. The van der Waals surface area contributed by atoms with Gasteiger partial charge in [-0.15, -0.1) is 0 Å². The standard InChI is InChI=1S/C12H8BrClF2N2/c13-6-4-8(15)12(9(16)5-6)18-10-3-1-2-7(14)11(10)17/h1-5,18H,17H2. The summed E-state index contributed by atoms with van der Waals surface area (Å²) < 4.78 is 27.6. The number of nitrogen functional groups attached to an aromatic ring is 1. The van der Waals surface area contributed by atoms with E-state index in [-0.39, 0.29) is 11.4 Å². The molecule has 0 unspecified atom stereocenters. The van der Waals surface area contributed by atoms with Crippen molar-refractivity contribution in [2.24, 2.45) is 0 Å². The van der Waals surface area contributed by atoms with E-state index in [1.54, 1.807) is 18.2 Å². The molecule has 2 nitrogen and oxygen atoms in total. The van der Waals surface area contributed by atoms with E-state index in [4.69, 9.17) is 17.3 Å². The van der Waals surface area contributed by atoms with Crippen molar-refractivity contribution in [3.8, 4) is 0 Å². The van der Waals surface area contributed by atoms with Gasteiger partial charge in [-0.3, -0.25) is 0 Å². The highest BCUT2D eigenvalue weighted by molar-refractivity contribution is 9.10. The Hall–Kier alpha value is -1.33. The van der Waals surface area contributed by atoms with E-state index < -0.39 is 11.6 Å². The van der Waals surface area contributed by atoms with Crippen LogP contribution in [-0.4, -0.2) is 0 Å². The molecule has 0 aliphatic rings. The zero-order valence-electron chi connectivity index (χ0n) is 8.98. The average Bonchev–Trinajstić information content (AvgIpc) is 2.28. The molecule has 18 heavy (non-hydrogen) atoms. The van der Waals surface area contributed by atoms with Crippen molar-refractivity contribution < 1.29 is 8.78 Å². The van der Waals surface area contributed by atoms with Gasteiger partial charge in [0.2, 0.25) is 0 Å². The van der Waals surface area contributed by atoms with Gasteiger partial charge in [0, 0.05) is 4.47 Å². The van der Waals surface area contributed by atoms with Crippen LogP contribution in [0.2, 0.25) is 5.02 Å². The Morgan fingerprint density at radius 3 is 2.39 bits per heavy atom. The second kappa shape index (κ2) is 5.12. The number of para-hydroxylation sites is 1. The lowest BCUT2D eigenvalue weighted by Crippen LogP contribution is -2.01. The predicted molar refractivity (Wildman–Crippen MR) is 73.2 cm³/mol. The molecule has 3 N–H and O–H groups in total. The van der Waals surface area contributed by atoms with E-state index in [1.165, 1.54) is 0 Å². The number of halogens is 4. The van der Waals surface area contributed by atoms with E-state index in [9.17, 15) is 8.78 Å². The van der Waals surface area contributed by atoms with Crippen LogP contribution in [0, 0.1) is 11.6 Å². The minimum Gasteiger partial charge on any atom is -0.396 e. The highest BCUT2D eigenvalue weighted by atomic mass is 79.9. The van der Waals surface area contributed by atoms with Crippen LogP contribution in [0.4, 0.5) is 25.8 Å². The molecule has 94 valence electrons. The van der Waals surface area contributed by atoms with Gasteiger partial charge in [-0.05, 0) is 24.3 Å². The van der Waals surface area contributed by atoms with Crippen LogP contribution in [0.25, 0.3) is 0 Å². The zero-order chi connectivity index (χ0) is 13.3. The second-order valence-electron chi connectivity index (χ2n) is 3.57. The molecule has 0 saturated carbocycles. The van der Waals surface area contributed by atoms with Crippen LogP contribution in [-0.2, 0) is 0 Å². The maximum atomic E-state index is 13.6. The number of nitrogens with two attached hydrogens (primary N) is 1. The highest BCUT2D eigenvalue weighted by Gasteiger charge is 2.12. The molecule has 2 aromatic carbocycles. The van der Waals surface area contributed by atoms with Gasteiger partial charge < -0.3 is 11.1 Å². The Morgan fingerprint density at radius 1 is 1.17 bits per heavy atom. The van der Waals surface area contributed by atoms with Crippen molar-refractivity contribution in [2.75, 3.05) is 11.1 Å². The lowest BCUT2D eigenvalue weighted by atomic mass is 10.2. The van der Waals surface area contributed by atoms with Crippen LogP contribution < -0.4 is 11.1 Å². The molecule has 0 fully saturated rings. The fraction of sp³-hybridized carbons (Fsp3) is 0. The minimum absolute atomic E-state index is 0.237. The highest BCUT2D eigenvalue weighted by Crippen LogP contribution is 2.32. The predicted octanol–water partition coefficient (Wildman–Crippen LogP) is 4.71. The Kier molecular flexibility index (Phi) is 3.73. The van der Waals surface area contributed by atoms with Gasteiger partial charge in [-0.1, -0.05) is 33.6 Å². The summed E-state index contributed by atoms with van der Waals surface area (Å²) in [5.41, 5.74) is 6.03. The molecule has 6 heteroatoms. The van der Waals surface area contributed by atoms with Gasteiger partial charge in [0.25, 0.3) is 0 Å². The van der Waals surface area contributed by atoms with Crippen molar-refractivity contribution in [1.29, 1.82) is 0 Å². The summed E-state index contributed by atoms with van der Waals surface area (Å²) in [5.74, 6) is -1.44. The molecule has 0 heterocycles. The number of anilines is 3. The molecule has 0 atom stereocenters. The summed E-state index contributed by atoms with van der Waals surface area (Å²) in [7, 11) is 0. The molecule has 0 aromatic heterocycles. The molecule has 2 aromatic rings. The van der Waals surface area contributed by atoms with E-state index in [0.29, 0.717) is 15.2 Å². The number of nitrogens with one attached hydrogen (secondary N) is 1. The van der Waals surface area contributed by atoms with Crippen LogP contribution >= 0.6 is 27.5 Å². The Bertz CT molecular complexity index is 582. The molecule has 2 rings (SSSR count). The van der Waals surface area contributed by atoms with Gasteiger partial charge in [-0.25, -0.2) is 8.78 Å². The van der Waals surface area contributed by atoms with E-state index in [0.717, 1.165) is 12.1 Å². The summed E-state index contributed by atoms with van der Waals surface area (Å²) in [6.45, 7) is 0. The fourth-order valence-corrected chi connectivity index (χ4v) is 2.02. The van der Waals surface area contributed by atoms with Crippen molar-refractivity contribution in [2.45, 2.75) is 0 Å². The second-order valence-corrected chi connectivity index (χ2v) is 4.89. The molecular weight excluding hydrogens is 325 g/mol. The molecular formula is C12H8BrClF2N2. The third-order valence-corrected chi connectivity index (χ3v) is 3.11. The lowest BCUT2D eigenvalue weighted by Gasteiger charge is -2.12. The normalized spacial score (nSPS) is 10.4. The van der Waals surface area contributed by atoms with Crippen molar-refractivity contribution in [3.63, 3.8) is 0 Å². The summed E-state index contributed by atoms with van der Waals surface area (Å²) in [6, 6.07) is 7.13. The first kappa shape index (κ1) is 13.1. The van der Waals surface area contributed by atoms with E-state index in [2.05, 4.69) is 21.2 Å². The maximum Gasteiger partial charge on any atom is 0.150 e. The smallest absolute Gasteiger partial charge is 0.150 e. The summed E-state index contributed by atoms with van der Waals surface area (Å²) in [6.07, 6.45) is 0. The molecule has 0 radical (unpaired) electrons. The molecule has 0 amide bonds. The van der Waals surface area contributed by atoms with Gasteiger partial charge in [0.15, 0.2) is 11.6 Å². The quantitative estimate of drug-likeness (QED) is 0.781. The van der Waals surface area contributed by atoms with Gasteiger partial charge >= 0.3 is 0 Å². The average molecular weight is 334 g/mol. The van der Waals surface area contributed by atoms with Crippen molar-refractivity contribution in [1.82, 2.24) is 0 Å². The third-order valence-electron chi connectivity index (χ3n) is 2.32. The van der Waals surface area contributed by atoms with Crippen molar-refractivity contribution in [3.05, 3.63) is 51.5 Å². The number of benzene rings is 2. The Morgan fingerprint density at radius 2 is 1.78 bits per heavy atom. The van der Waals surface area contributed by atoms with Crippen LogP contribution in [0.1, 0.15) is 0 Å². The van der Waals surface area contributed by atoms with Crippen LogP contribution in [0.5, 0.6) is 0 Å². The first-order chi connectivity index (χ1) is 8.49. The minimum atomic E-state index is -0.721. The fourth-order valence-electron chi connectivity index (χ4n) is 1.44. The largest absolute Gasteiger partial charge is 0.396 e. The lowest BCUT2D eigenvalue weighted by molar-refractivity contribution is 0.589. The zero-order valence-corrected chi connectivity index (χ0v) is 11.3. The molecule has 0 aliphatic carbocycles. The maximum absolute atomic E-state index is 13.6. The monoisotopic (exact) mass is 332 g/mol. The first-order valence-electron chi connectivity index (χ1n) is 4.94. The Labute approximate surface area is 116 Å². The SMILES string of the molecule is Nc1c(Cl)cccc1Nc1c(F)cc(Br)cc1F. The van der Waals surface area contributed by atoms with Crippen LogP contribution in [0.15, 0.2) is 34.8 Å². The van der Waals surface area contributed by atoms with Gasteiger partial charge in [0.1, 0.15) is 5.69 Å². The number of hydrogen-bond acceptors (Lipinski definition) is 2. The van der Waals surface area contributed by atoms with E-state index >= 15 is 0 Å². The molecule has 0 saturated heterocycles. The van der Waals surface area contributed by atoms with Crippen LogP contribution in [0.3, 0.4) is 0 Å². The summed E-state index contributed by atoms with van der Waals surface area (Å²) in [4.78, 5) is 0. The van der Waals surface area contributed by atoms with E-state index in [1.807, 2.05) is 0 Å².